The SMILES string of the molecule is CCC(OC)C(O)C1CCOC2(CCOCC2)C1. The van der Waals surface area contributed by atoms with Crippen LogP contribution in [0.5, 0.6) is 0 Å². The first-order valence-corrected chi connectivity index (χ1v) is 7.13. The van der Waals surface area contributed by atoms with Crippen molar-refractivity contribution < 1.29 is 19.3 Å². The van der Waals surface area contributed by atoms with Crippen LogP contribution < -0.4 is 0 Å². The summed E-state index contributed by atoms with van der Waals surface area (Å²) in [6.07, 6.45) is 4.22. The second kappa shape index (κ2) is 6.33. The fourth-order valence-corrected chi connectivity index (χ4v) is 3.30. The second-order valence-electron chi connectivity index (χ2n) is 5.57. The zero-order chi connectivity index (χ0) is 13.0. The van der Waals surface area contributed by atoms with Crippen LogP contribution in [0.15, 0.2) is 0 Å². The van der Waals surface area contributed by atoms with Crippen molar-refractivity contribution in [2.45, 2.75) is 56.8 Å². The van der Waals surface area contributed by atoms with Gasteiger partial charge in [0.15, 0.2) is 0 Å². The Kier molecular flexibility index (Phi) is 5.01. The van der Waals surface area contributed by atoms with Gasteiger partial charge < -0.3 is 19.3 Å². The molecule has 1 N–H and O–H groups in total. The monoisotopic (exact) mass is 258 g/mol. The summed E-state index contributed by atoms with van der Waals surface area (Å²) in [7, 11) is 1.68. The molecule has 0 aromatic carbocycles. The normalized spacial score (nSPS) is 31.2. The molecule has 2 aliphatic heterocycles. The minimum absolute atomic E-state index is 0.0474. The number of ether oxygens (including phenoxy) is 3. The molecule has 1 spiro atoms. The standard InChI is InChI=1S/C14H26O4/c1-3-12(16-2)13(15)11-4-7-18-14(10-11)5-8-17-9-6-14/h11-13,15H,3-10H2,1-2H3. The molecule has 18 heavy (non-hydrogen) atoms. The van der Waals surface area contributed by atoms with E-state index < -0.39 is 0 Å². The van der Waals surface area contributed by atoms with Gasteiger partial charge in [0.05, 0.1) is 17.8 Å². The van der Waals surface area contributed by atoms with Crippen molar-refractivity contribution in [3.8, 4) is 0 Å². The largest absolute Gasteiger partial charge is 0.390 e. The van der Waals surface area contributed by atoms with E-state index in [9.17, 15) is 5.11 Å². The van der Waals surface area contributed by atoms with E-state index in [1.54, 1.807) is 7.11 Å². The molecule has 0 aromatic heterocycles. The molecular weight excluding hydrogens is 232 g/mol. The van der Waals surface area contributed by atoms with Crippen molar-refractivity contribution in [2.75, 3.05) is 26.9 Å². The third kappa shape index (κ3) is 3.05. The molecule has 0 saturated carbocycles. The smallest absolute Gasteiger partial charge is 0.0831 e. The van der Waals surface area contributed by atoms with Gasteiger partial charge in [-0.1, -0.05) is 6.92 Å². The van der Waals surface area contributed by atoms with Crippen LogP contribution in [0.3, 0.4) is 0 Å². The number of aliphatic hydroxyl groups excluding tert-OH is 1. The highest BCUT2D eigenvalue weighted by atomic mass is 16.5. The Morgan fingerprint density at radius 2 is 2.06 bits per heavy atom. The molecule has 2 aliphatic rings. The van der Waals surface area contributed by atoms with Crippen molar-refractivity contribution in [3.05, 3.63) is 0 Å². The Hall–Kier alpha value is -0.160. The third-order valence-corrected chi connectivity index (χ3v) is 4.50. The fraction of sp³-hybridized carbons (Fsp3) is 1.00. The van der Waals surface area contributed by atoms with Gasteiger partial charge in [0.2, 0.25) is 0 Å². The summed E-state index contributed by atoms with van der Waals surface area (Å²) < 4.78 is 16.8. The highest BCUT2D eigenvalue weighted by molar-refractivity contribution is 4.92. The van der Waals surface area contributed by atoms with E-state index in [-0.39, 0.29) is 17.8 Å². The van der Waals surface area contributed by atoms with Gasteiger partial charge in [-0.05, 0) is 38.0 Å². The summed E-state index contributed by atoms with van der Waals surface area (Å²) in [6, 6.07) is 0. The van der Waals surface area contributed by atoms with E-state index in [0.29, 0.717) is 5.92 Å². The second-order valence-corrected chi connectivity index (χ2v) is 5.57. The maximum Gasteiger partial charge on any atom is 0.0831 e. The summed E-state index contributed by atoms with van der Waals surface area (Å²) in [5.74, 6) is 0.293. The van der Waals surface area contributed by atoms with Gasteiger partial charge in [0, 0.05) is 26.9 Å². The zero-order valence-electron chi connectivity index (χ0n) is 11.6. The van der Waals surface area contributed by atoms with E-state index in [1.165, 1.54) is 0 Å². The lowest BCUT2D eigenvalue weighted by atomic mass is 9.77. The molecule has 3 atom stereocenters. The minimum Gasteiger partial charge on any atom is -0.390 e. The topological polar surface area (TPSA) is 47.9 Å². The molecule has 0 aliphatic carbocycles. The van der Waals surface area contributed by atoms with Gasteiger partial charge in [-0.2, -0.15) is 0 Å². The van der Waals surface area contributed by atoms with Gasteiger partial charge in [0.1, 0.15) is 0 Å². The average Bonchev–Trinajstić information content (AvgIpc) is 2.41. The van der Waals surface area contributed by atoms with Crippen LogP contribution in [0.2, 0.25) is 0 Å². The first-order valence-electron chi connectivity index (χ1n) is 7.13. The van der Waals surface area contributed by atoms with Crippen LogP contribution in [0.25, 0.3) is 0 Å². The predicted octanol–water partition coefficient (Wildman–Crippen LogP) is 1.75. The molecule has 4 heteroatoms. The molecule has 0 radical (unpaired) electrons. The lowest BCUT2D eigenvalue weighted by Gasteiger charge is -2.45. The Morgan fingerprint density at radius 3 is 2.67 bits per heavy atom. The van der Waals surface area contributed by atoms with Gasteiger partial charge in [-0.3, -0.25) is 0 Å². The van der Waals surface area contributed by atoms with Crippen molar-refractivity contribution in [3.63, 3.8) is 0 Å². The van der Waals surface area contributed by atoms with Gasteiger partial charge in [-0.15, -0.1) is 0 Å². The Bertz CT molecular complexity index is 241. The number of rotatable bonds is 4. The molecular formula is C14H26O4. The van der Waals surface area contributed by atoms with Gasteiger partial charge in [0.25, 0.3) is 0 Å². The van der Waals surface area contributed by atoms with E-state index in [2.05, 4.69) is 6.92 Å². The van der Waals surface area contributed by atoms with Crippen LogP contribution in [-0.2, 0) is 14.2 Å². The number of hydrogen-bond donors (Lipinski definition) is 1. The zero-order valence-corrected chi connectivity index (χ0v) is 11.6. The Morgan fingerprint density at radius 1 is 1.33 bits per heavy atom. The minimum atomic E-state index is -0.372. The first-order chi connectivity index (χ1) is 8.71. The first kappa shape index (κ1) is 14.3. The maximum absolute atomic E-state index is 10.4. The molecule has 0 aromatic rings. The lowest BCUT2D eigenvalue weighted by molar-refractivity contribution is -0.168. The van der Waals surface area contributed by atoms with Crippen LogP contribution in [-0.4, -0.2) is 49.8 Å². The van der Waals surface area contributed by atoms with Crippen molar-refractivity contribution >= 4 is 0 Å². The van der Waals surface area contributed by atoms with Crippen LogP contribution in [0.1, 0.15) is 39.0 Å². The summed E-state index contributed by atoms with van der Waals surface area (Å²) in [5, 5.41) is 10.4. The predicted molar refractivity (Wildman–Crippen MR) is 68.6 cm³/mol. The molecule has 106 valence electrons. The lowest BCUT2D eigenvalue weighted by Crippen LogP contribution is -2.48. The third-order valence-electron chi connectivity index (χ3n) is 4.50. The quantitative estimate of drug-likeness (QED) is 0.834. The highest BCUT2D eigenvalue weighted by Crippen LogP contribution is 2.39. The van der Waals surface area contributed by atoms with Crippen molar-refractivity contribution in [2.24, 2.45) is 5.92 Å². The van der Waals surface area contributed by atoms with Crippen LogP contribution in [0, 0.1) is 5.92 Å². The molecule has 2 fully saturated rings. The van der Waals surface area contributed by atoms with Crippen LogP contribution >= 0.6 is 0 Å². The van der Waals surface area contributed by atoms with Gasteiger partial charge >= 0.3 is 0 Å². The number of hydrogen-bond acceptors (Lipinski definition) is 4. The summed E-state index contributed by atoms with van der Waals surface area (Å²) in [6.45, 7) is 4.37. The van der Waals surface area contributed by atoms with E-state index in [4.69, 9.17) is 14.2 Å². The molecule has 2 saturated heterocycles. The summed E-state index contributed by atoms with van der Waals surface area (Å²) in [4.78, 5) is 0. The highest BCUT2D eigenvalue weighted by Gasteiger charge is 2.42. The number of methoxy groups -OCH3 is 1. The van der Waals surface area contributed by atoms with E-state index >= 15 is 0 Å². The Labute approximate surface area is 110 Å². The van der Waals surface area contributed by atoms with Gasteiger partial charge in [-0.25, -0.2) is 0 Å². The number of aliphatic hydroxyl groups is 1. The molecule has 2 rings (SSSR count). The van der Waals surface area contributed by atoms with Crippen molar-refractivity contribution in [1.82, 2.24) is 0 Å². The van der Waals surface area contributed by atoms with Crippen molar-refractivity contribution in [1.29, 1.82) is 0 Å². The van der Waals surface area contributed by atoms with Crippen LogP contribution in [0.4, 0.5) is 0 Å². The maximum atomic E-state index is 10.4. The molecule has 0 bridgehead atoms. The summed E-state index contributed by atoms with van der Waals surface area (Å²) in [5.41, 5.74) is -0.0474. The van der Waals surface area contributed by atoms with E-state index in [1.807, 2.05) is 0 Å². The molecule has 3 unspecified atom stereocenters. The molecule has 2 heterocycles. The fourth-order valence-electron chi connectivity index (χ4n) is 3.30. The van der Waals surface area contributed by atoms with E-state index in [0.717, 1.165) is 51.9 Å². The summed E-state index contributed by atoms with van der Waals surface area (Å²) >= 11 is 0. The Balaban J connectivity index is 1.97. The average molecular weight is 258 g/mol. The molecule has 4 nitrogen and oxygen atoms in total. The molecule has 0 amide bonds.